The van der Waals surface area contributed by atoms with Crippen molar-refractivity contribution in [3.63, 3.8) is 0 Å². The lowest BCUT2D eigenvalue weighted by molar-refractivity contribution is 0.0606. The number of hydrogen-bond acceptors (Lipinski definition) is 4. The van der Waals surface area contributed by atoms with Crippen molar-refractivity contribution < 1.29 is 14.3 Å². The molecule has 0 spiro atoms. The zero-order valence-electron chi connectivity index (χ0n) is 11.8. The second-order valence-corrected chi connectivity index (χ2v) is 5.64. The topological polar surface area (TPSA) is 35.5 Å². The smallest absolute Gasteiger partial charge is 0.348 e. The molecular formula is C17H14O3S. The molecule has 0 fully saturated rings. The van der Waals surface area contributed by atoms with Crippen molar-refractivity contribution in [1.29, 1.82) is 0 Å². The molecule has 0 bridgehead atoms. The van der Waals surface area contributed by atoms with Crippen molar-refractivity contribution in [2.75, 3.05) is 14.2 Å². The molecule has 4 heteroatoms. The minimum absolute atomic E-state index is 0.298. The minimum atomic E-state index is -0.298. The predicted octanol–water partition coefficient (Wildman–Crippen LogP) is 4.36. The number of thiophene rings is 1. The van der Waals surface area contributed by atoms with E-state index in [0.29, 0.717) is 4.88 Å². The quantitative estimate of drug-likeness (QED) is 0.674. The monoisotopic (exact) mass is 298 g/mol. The van der Waals surface area contributed by atoms with Crippen LogP contribution in [0.1, 0.15) is 9.67 Å². The van der Waals surface area contributed by atoms with Crippen LogP contribution in [0.25, 0.3) is 21.2 Å². The highest BCUT2D eigenvalue weighted by Crippen LogP contribution is 2.35. The molecule has 21 heavy (non-hydrogen) atoms. The Labute approximate surface area is 126 Å². The van der Waals surface area contributed by atoms with Gasteiger partial charge in [-0.3, -0.25) is 0 Å². The van der Waals surface area contributed by atoms with Gasteiger partial charge in [0.2, 0.25) is 0 Å². The third kappa shape index (κ3) is 2.50. The highest BCUT2D eigenvalue weighted by atomic mass is 32.1. The highest BCUT2D eigenvalue weighted by molar-refractivity contribution is 7.20. The minimum Gasteiger partial charge on any atom is -0.497 e. The van der Waals surface area contributed by atoms with Gasteiger partial charge in [0, 0.05) is 10.1 Å². The van der Waals surface area contributed by atoms with Crippen molar-refractivity contribution in [2.24, 2.45) is 0 Å². The summed E-state index contributed by atoms with van der Waals surface area (Å²) in [6.07, 6.45) is 0. The molecule has 0 saturated carbocycles. The maximum atomic E-state index is 11.7. The number of hydrogen-bond donors (Lipinski definition) is 0. The molecule has 0 aliphatic heterocycles. The molecule has 106 valence electrons. The van der Waals surface area contributed by atoms with E-state index in [1.807, 2.05) is 48.5 Å². The van der Waals surface area contributed by atoms with Crippen LogP contribution in [0.4, 0.5) is 0 Å². The van der Waals surface area contributed by atoms with Crippen molar-refractivity contribution in [2.45, 2.75) is 0 Å². The number of carbonyl (C=O) groups excluding carboxylic acids is 1. The number of benzene rings is 2. The summed E-state index contributed by atoms with van der Waals surface area (Å²) >= 11 is 1.44. The first-order chi connectivity index (χ1) is 10.2. The summed E-state index contributed by atoms with van der Waals surface area (Å²) in [5.41, 5.74) is 2.15. The van der Waals surface area contributed by atoms with Gasteiger partial charge in [0.05, 0.1) is 14.2 Å². The van der Waals surface area contributed by atoms with Crippen LogP contribution in [0.15, 0.2) is 48.5 Å². The van der Waals surface area contributed by atoms with Gasteiger partial charge in [-0.15, -0.1) is 11.3 Å². The first-order valence-corrected chi connectivity index (χ1v) is 7.30. The summed E-state index contributed by atoms with van der Waals surface area (Å²) in [7, 11) is 3.05. The van der Waals surface area contributed by atoms with Gasteiger partial charge < -0.3 is 9.47 Å². The van der Waals surface area contributed by atoms with Gasteiger partial charge in [-0.1, -0.05) is 24.3 Å². The van der Waals surface area contributed by atoms with Crippen LogP contribution >= 0.6 is 11.3 Å². The summed E-state index contributed by atoms with van der Waals surface area (Å²) in [5, 5.41) is 1.05. The van der Waals surface area contributed by atoms with E-state index in [0.717, 1.165) is 27.0 Å². The average Bonchev–Trinajstić information content (AvgIpc) is 2.98. The largest absolute Gasteiger partial charge is 0.497 e. The van der Waals surface area contributed by atoms with Crippen LogP contribution in [0.3, 0.4) is 0 Å². The Kier molecular flexibility index (Phi) is 3.62. The van der Waals surface area contributed by atoms with Crippen LogP contribution in [0.5, 0.6) is 5.75 Å². The number of fused-ring (bicyclic) bond motifs is 1. The third-order valence-electron chi connectivity index (χ3n) is 3.33. The fourth-order valence-electron chi connectivity index (χ4n) is 2.30. The highest BCUT2D eigenvalue weighted by Gasteiger charge is 2.13. The Morgan fingerprint density at radius 3 is 2.62 bits per heavy atom. The van der Waals surface area contributed by atoms with Crippen LogP contribution in [0, 0.1) is 0 Å². The zero-order chi connectivity index (χ0) is 14.8. The fraction of sp³-hybridized carbons (Fsp3) is 0.118. The molecule has 2 aromatic carbocycles. The van der Waals surface area contributed by atoms with E-state index in [-0.39, 0.29) is 5.97 Å². The van der Waals surface area contributed by atoms with Gasteiger partial charge in [0.15, 0.2) is 0 Å². The lowest BCUT2D eigenvalue weighted by Gasteiger charge is -2.06. The maximum Gasteiger partial charge on any atom is 0.348 e. The Morgan fingerprint density at radius 2 is 1.86 bits per heavy atom. The maximum absolute atomic E-state index is 11.7. The van der Waals surface area contributed by atoms with Crippen LogP contribution in [0.2, 0.25) is 0 Å². The molecule has 0 atom stereocenters. The standard InChI is InChI=1S/C17H14O3S/c1-19-12-6-3-5-11(9-12)13-7-4-8-15-14(13)10-16(21-15)17(18)20-2/h3-10H,1-2H3. The van der Waals surface area contributed by atoms with Crippen LogP contribution < -0.4 is 4.74 Å². The molecule has 3 aromatic rings. The van der Waals surface area contributed by atoms with Crippen LogP contribution in [-0.4, -0.2) is 20.2 Å². The molecule has 0 aliphatic rings. The van der Waals surface area contributed by atoms with Gasteiger partial charge in [0.1, 0.15) is 10.6 Å². The molecule has 1 aromatic heterocycles. The summed E-state index contributed by atoms with van der Waals surface area (Å²) < 4.78 is 11.1. The molecule has 0 saturated heterocycles. The Balaban J connectivity index is 2.18. The Hall–Kier alpha value is -2.33. The molecule has 3 rings (SSSR count). The normalized spacial score (nSPS) is 10.6. The van der Waals surface area contributed by atoms with Gasteiger partial charge in [-0.2, -0.15) is 0 Å². The first-order valence-electron chi connectivity index (χ1n) is 6.48. The first kappa shape index (κ1) is 13.6. The molecule has 0 amide bonds. The number of ether oxygens (including phenoxy) is 2. The molecule has 0 N–H and O–H groups in total. The summed E-state index contributed by atoms with van der Waals surface area (Å²) in [4.78, 5) is 12.3. The van der Waals surface area contributed by atoms with E-state index in [1.165, 1.54) is 18.4 Å². The van der Waals surface area contributed by atoms with E-state index in [4.69, 9.17) is 9.47 Å². The van der Waals surface area contributed by atoms with E-state index in [2.05, 4.69) is 0 Å². The van der Waals surface area contributed by atoms with Crippen LogP contribution in [-0.2, 0) is 4.74 Å². The lowest BCUT2D eigenvalue weighted by atomic mass is 10.0. The van der Waals surface area contributed by atoms with E-state index in [9.17, 15) is 4.79 Å². The summed E-state index contributed by atoms with van der Waals surface area (Å²) in [6, 6.07) is 15.8. The van der Waals surface area contributed by atoms with Crippen molar-refractivity contribution >= 4 is 27.4 Å². The molecule has 0 radical (unpaired) electrons. The second kappa shape index (κ2) is 5.58. The van der Waals surface area contributed by atoms with Gasteiger partial charge in [-0.05, 0) is 35.4 Å². The predicted molar refractivity (Wildman–Crippen MR) is 85.2 cm³/mol. The van der Waals surface area contributed by atoms with Gasteiger partial charge >= 0.3 is 5.97 Å². The molecule has 0 unspecified atom stereocenters. The number of rotatable bonds is 3. The van der Waals surface area contributed by atoms with Gasteiger partial charge in [0.25, 0.3) is 0 Å². The van der Waals surface area contributed by atoms with Gasteiger partial charge in [-0.25, -0.2) is 4.79 Å². The molecule has 3 nitrogen and oxygen atoms in total. The number of methoxy groups -OCH3 is 2. The van der Waals surface area contributed by atoms with Crippen molar-refractivity contribution in [3.8, 4) is 16.9 Å². The number of esters is 1. The average molecular weight is 298 g/mol. The van der Waals surface area contributed by atoms with E-state index < -0.39 is 0 Å². The summed E-state index contributed by atoms with van der Waals surface area (Å²) in [6.45, 7) is 0. The third-order valence-corrected chi connectivity index (χ3v) is 4.41. The van der Waals surface area contributed by atoms with Crippen molar-refractivity contribution in [1.82, 2.24) is 0 Å². The van der Waals surface area contributed by atoms with Crippen molar-refractivity contribution in [3.05, 3.63) is 53.4 Å². The second-order valence-electron chi connectivity index (χ2n) is 4.55. The Bertz CT molecular complexity index is 805. The zero-order valence-corrected chi connectivity index (χ0v) is 12.6. The fourth-order valence-corrected chi connectivity index (χ4v) is 3.31. The Morgan fingerprint density at radius 1 is 1.05 bits per heavy atom. The SMILES string of the molecule is COC(=O)c1cc2c(-c3cccc(OC)c3)cccc2s1. The van der Waals surface area contributed by atoms with E-state index >= 15 is 0 Å². The number of carbonyl (C=O) groups is 1. The molecule has 1 heterocycles. The molecule has 0 aliphatic carbocycles. The van der Waals surface area contributed by atoms with E-state index in [1.54, 1.807) is 7.11 Å². The summed E-state index contributed by atoms with van der Waals surface area (Å²) in [5.74, 6) is 0.515. The molecular weight excluding hydrogens is 284 g/mol. The lowest BCUT2D eigenvalue weighted by Crippen LogP contribution is -1.96.